The third-order valence-corrected chi connectivity index (χ3v) is 3.77. The van der Waals surface area contributed by atoms with E-state index < -0.39 is 0 Å². The second kappa shape index (κ2) is 11.6. The van der Waals surface area contributed by atoms with Crippen LogP contribution in [-0.4, -0.2) is 62.0 Å². The number of methoxy groups -OCH3 is 1. The molecule has 0 atom stereocenters. The maximum Gasteiger partial charge on any atom is 0.191 e. The molecule has 1 aromatic heterocycles. The molecular weight excluding hydrogens is 409 g/mol. The molecule has 0 saturated carbocycles. The summed E-state index contributed by atoms with van der Waals surface area (Å²) in [6, 6.07) is 2.30. The summed E-state index contributed by atoms with van der Waals surface area (Å²) in [5.41, 5.74) is 0.839. The third kappa shape index (κ3) is 7.49. The van der Waals surface area contributed by atoms with Gasteiger partial charge in [-0.05, 0) is 19.8 Å². The molecule has 23 heavy (non-hydrogen) atoms. The van der Waals surface area contributed by atoms with E-state index in [1.807, 2.05) is 6.07 Å². The van der Waals surface area contributed by atoms with Crippen LogP contribution in [0, 0.1) is 0 Å². The molecule has 0 spiro atoms. The summed E-state index contributed by atoms with van der Waals surface area (Å²) < 4.78 is 9.96. The number of hydrogen-bond donors (Lipinski definition) is 2. The van der Waals surface area contributed by atoms with Crippen LogP contribution >= 0.6 is 24.0 Å². The Balaban J connectivity index is 0.00000264. The van der Waals surface area contributed by atoms with Crippen molar-refractivity contribution < 1.29 is 9.26 Å². The SMILES string of the molecule is CCNC(=NCc1ccon1)NC1CCN(CCOC)CC1.I. The number of hydrogen-bond acceptors (Lipinski definition) is 5. The Morgan fingerprint density at radius 3 is 2.87 bits per heavy atom. The number of likely N-dealkylation sites (tertiary alicyclic amines) is 1. The Labute approximate surface area is 155 Å². The number of rotatable bonds is 7. The fourth-order valence-corrected chi connectivity index (χ4v) is 2.51. The molecule has 0 aromatic carbocycles. The number of piperidine rings is 1. The molecule has 8 heteroatoms. The third-order valence-electron chi connectivity index (χ3n) is 3.77. The van der Waals surface area contributed by atoms with Crippen molar-refractivity contribution in [1.29, 1.82) is 0 Å². The fraction of sp³-hybridized carbons (Fsp3) is 0.733. The highest BCUT2D eigenvalue weighted by Gasteiger charge is 2.19. The quantitative estimate of drug-likeness (QED) is 0.382. The summed E-state index contributed by atoms with van der Waals surface area (Å²) >= 11 is 0. The molecule has 2 N–H and O–H groups in total. The first-order chi connectivity index (χ1) is 10.8. The van der Waals surface area contributed by atoms with Gasteiger partial charge in [-0.3, -0.25) is 0 Å². The minimum Gasteiger partial charge on any atom is -0.383 e. The van der Waals surface area contributed by atoms with Gasteiger partial charge in [0.05, 0.1) is 13.2 Å². The Kier molecular flexibility index (Phi) is 10.2. The van der Waals surface area contributed by atoms with Crippen LogP contribution in [0.5, 0.6) is 0 Å². The lowest BCUT2D eigenvalue weighted by atomic mass is 10.1. The van der Waals surface area contributed by atoms with Crippen LogP contribution < -0.4 is 10.6 Å². The molecule has 132 valence electrons. The molecule has 2 rings (SSSR count). The molecule has 2 heterocycles. The second-order valence-corrected chi connectivity index (χ2v) is 5.44. The Morgan fingerprint density at radius 2 is 2.26 bits per heavy atom. The van der Waals surface area contributed by atoms with Crippen LogP contribution in [0.3, 0.4) is 0 Å². The van der Waals surface area contributed by atoms with Crippen LogP contribution in [-0.2, 0) is 11.3 Å². The van der Waals surface area contributed by atoms with Gasteiger partial charge < -0.3 is 24.8 Å². The summed E-state index contributed by atoms with van der Waals surface area (Å²) in [6.45, 7) is 7.47. The van der Waals surface area contributed by atoms with E-state index in [9.17, 15) is 0 Å². The maximum atomic E-state index is 5.14. The minimum atomic E-state index is 0. The van der Waals surface area contributed by atoms with Gasteiger partial charge in [-0.15, -0.1) is 24.0 Å². The highest BCUT2D eigenvalue weighted by molar-refractivity contribution is 14.0. The van der Waals surface area contributed by atoms with Gasteiger partial charge in [0.2, 0.25) is 0 Å². The van der Waals surface area contributed by atoms with E-state index in [0.717, 1.165) is 57.3 Å². The van der Waals surface area contributed by atoms with E-state index in [1.165, 1.54) is 0 Å². The molecule has 0 radical (unpaired) electrons. The topological polar surface area (TPSA) is 74.9 Å². The monoisotopic (exact) mass is 437 g/mol. The van der Waals surface area contributed by atoms with Crippen molar-refractivity contribution >= 4 is 29.9 Å². The van der Waals surface area contributed by atoms with E-state index in [4.69, 9.17) is 9.26 Å². The Bertz CT molecular complexity index is 433. The first kappa shape index (κ1) is 20.2. The highest BCUT2D eigenvalue weighted by atomic mass is 127. The average molecular weight is 437 g/mol. The fourth-order valence-electron chi connectivity index (χ4n) is 2.51. The lowest BCUT2D eigenvalue weighted by Crippen LogP contribution is -2.49. The number of aromatic nitrogens is 1. The first-order valence-electron chi connectivity index (χ1n) is 7.97. The van der Waals surface area contributed by atoms with Crippen LogP contribution in [0.1, 0.15) is 25.5 Å². The molecule has 7 nitrogen and oxygen atoms in total. The zero-order valence-corrected chi connectivity index (χ0v) is 16.3. The standard InChI is InChI=1S/C15H27N5O2.HI/c1-3-16-15(17-12-14-6-10-22-19-14)18-13-4-7-20(8-5-13)9-11-21-2;/h6,10,13H,3-5,7-9,11-12H2,1-2H3,(H2,16,17,18);1H. The highest BCUT2D eigenvalue weighted by Crippen LogP contribution is 2.10. The van der Waals surface area contributed by atoms with E-state index in [0.29, 0.717) is 12.6 Å². The molecule has 1 aliphatic heterocycles. The summed E-state index contributed by atoms with van der Waals surface area (Å²) in [6.07, 6.45) is 3.82. The minimum absolute atomic E-state index is 0. The number of aliphatic imine (C=N–C) groups is 1. The Morgan fingerprint density at radius 1 is 1.48 bits per heavy atom. The number of ether oxygens (including phenoxy) is 1. The Hall–Kier alpha value is -0.870. The smallest absolute Gasteiger partial charge is 0.191 e. The molecule has 0 bridgehead atoms. The van der Waals surface area contributed by atoms with E-state index in [2.05, 4.69) is 32.6 Å². The lowest BCUT2D eigenvalue weighted by Gasteiger charge is -2.32. The van der Waals surface area contributed by atoms with Crippen molar-refractivity contribution in [1.82, 2.24) is 20.7 Å². The van der Waals surface area contributed by atoms with Gasteiger partial charge in [-0.1, -0.05) is 5.16 Å². The van der Waals surface area contributed by atoms with Gasteiger partial charge in [0.1, 0.15) is 12.0 Å². The predicted molar refractivity (Wildman–Crippen MR) is 101 cm³/mol. The predicted octanol–water partition coefficient (Wildman–Crippen LogP) is 1.46. The van der Waals surface area contributed by atoms with Gasteiger partial charge in [0, 0.05) is 45.4 Å². The number of guanidine groups is 1. The summed E-state index contributed by atoms with van der Waals surface area (Å²) in [5.74, 6) is 0.848. The van der Waals surface area contributed by atoms with Crippen molar-refractivity contribution in [3.8, 4) is 0 Å². The molecule has 0 aliphatic carbocycles. The summed E-state index contributed by atoms with van der Waals surface area (Å²) in [7, 11) is 1.75. The zero-order valence-electron chi connectivity index (χ0n) is 14.0. The molecular formula is C15H28IN5O2. The number of nitrogens with zero attached hydrogens (tertiary/aromatic N) is 3. The normalized spacial score (nSPS) is 16.9. The van der Waals surface area contributed by atoms with Crippen LogP contribution in [0.4, 0.5) is 0 Å². The second-order valence-electron chi connectivity index (χ2n) is 5.44. The van der Waals surface area contributed by atoms with Crippen LogP contribution in [0.25, 0.3) is 0 Å². The number of halogens is 1. The van der Waals surface area contributed by atoms with E-state index >= 15 is 0 Å². The molecule has 1 saturated heterocycles. The maximum absolute atomic E-state index is 5.14. The first-order valence-corrected chi connectivity index (χ1v) is 7.97. The van der Waals surface area contributed by atoms with Crippen LogP contribution in [0.15, 0.2) is 21.8 Å². The summed E-state index contributed by atoms with van der Waals surface area (Å²) in [4.78, 5) is 7.00. The van der Waals surface area contributed by atoms with Crippen molar-refractivity contribution in [3.63, 3.8) is 0 Å². The molecule has 1 aromatic rings. The van der Waals surface area contributed by atoms with Gasteiger partial charge in [0.15, 0.2) is 5.96 Å². The molecule has 1 fully saturated rings. The largest absolute Gasteiger partial charge is 0.383 e. The zero-order chi connectivity index (χ0) is 15.6. The molecule has 1 aliphatic rings. The van der Waals surface area contributed by atoms with Gasteiger partial charge in [-0.25, -0.2) is 4.99 Å². The van der Waals surface area contributed by atoms with Crippen molar-refractivity contribution in [2.24, 2.45) is 4.99 Å². The average Bonchev–Trinajstić information content (AvgIpc) is 3.05. The van der Waals surface area contributed by atoms with Gasteiger partial charge in [-0.2, -0.15) is 0 Å². The van der Waals surface area contributed by atoms with Crippen molar-refractivity contribution in [2.75, 3.05) is 39.9 Å². The summed E-state index contributed by atoms with van der Waals surface area (Å²) in [5, 5.41) is 10.7. The molecule has 0 unspecified atom stereocenters. The lowest BCUT2D eigenvalue weighted by molar-refractivity contribution is 0.128. The van der Waals surface area contributed by atoms with Crippen molar-refractivity contribution in [2.45, 2.75) is 32.4 Å². The van der Waals surface area contributed by atoms with E-state index in [1.54, 1.807) is 13.4 Å². The van der Waals surface area contributed by atoms with E-state index in [-0.39, 0.29) is 24.0 Å². The van der Waals surface area contributed by atoms with Gasteiger partial charge >= 0.3 is 0 Å². The van der Waals surface area contributed by atoms with Gasteiger partial charge in [0.25, 0.3) is 0 Å². The molecule has 0 amide bonds. The number of nitrogens with one attached hydrogen (secondary N) is 2. The van der Waals surface area contributed by atoms with Crippen LogP contribution in [0.2, 0.25) is 0 Å². The van der Waals surface area contributed by atoms with Crippen molar-refractivity contribution in [3.05, 3.63) is 18.0 Å².